The van der Waals surface area contributed by atoms with Crippen molar-refractivity contribution in [2.75, 3.05) is 0 Å². The maximum Gasteiger partial charge on any atom is 0.123 e. The highest BCUT2D eigenvalue weighted by Crippen LogP contribution is 2.48. The molecule has 0 aliphatic carbocycles. The summed E-state index contributed by atoms with van der Waals surface area (Å²) in [5.74, 6) is -0.262. The molecule has 6 heteroatoms. The second-order valence-corrected chi connectivity index (χ2v) is 10.4. The van der Waals surface area contributed by atoms with Crippen molar-refractivity contribution in [1.82, 2.24) is 19.5 Å². The minimum Gasteiger partial charge on any atom is -0.361 e. The van der Waals surface area contributed by atoms with E-state index in [1.165, 1.54) is 6.07 Å². The number of rotatable bonds is 3. The number of nitrogens with zero attached hydrogens (tertiary/aromatic N) is 1. The third kappa shape index (κ3) is 3.17. The number of hydrogen-bond donors (Lipinski definition) is 3. The summed E-state index contributed by atoms with van der Waals surface area (Å²) >= 11 is 6.50. The first-order valence-electron chi connectivity index (χ1n) is 12.8. The molecule has 8 aromatic rings. The molecule has 3 N–H and O–H groups in total. The lowest BCUT2D eigenvalue weighted by atomic mass is 9.92. The van der Waals surface area contributed by atoms with E-state index in [9.17, 15) is 4.39 Å². The summed E-state index contributed by atoms with van der Waals surface area (Å²) in [6.45, 7) is 0. The Bertz CT molecular complexity index is 2230. The summed E-state index contributed by atoms with van der Waals surface area (Å²) < 4.78 is 16.7. The molecule has 0 radical (unpaired) electrons. The van der Waals surface area contributed by atoms with Crippen LogP contribution < -0.4 is 0 Å². The van der Waals surface area contributed by atoms with Crippen molar-refractivity contribution >= 4 is 55.2 Å². The van der Waals surface area contributed by atoms with E-state index in [4.69, 9.17) is 11.6 Å². The SMILES string of the molecule is Cn1c(-c2c[nH]c3ccc(F)cc23)c(-c2c[nH]c3ccc(Cl)cc23)c2c(-c3cccc4[nH]ccc34)cccc21. The van der Waals surface area contributed by atoms with Gasteiger partial charge in [0.2, 0.25) is 0 Å². The summed E-state index contributed by atoms with van der Waals surface area (Å²) in [4.78, 5) is 10.2. The minimum atomic E-state index is -0.262. The number of aromatic nitrogens is 4. The molecular weight excluding hydrogens is 507 g/mol. The van der Waals surface area contributed by atoms with Gasteiger partial charge in [0.25, 0.3) is 0 Å². The number of H-pyrrole nitrogens is 3. The van der Waals surface area contributed by atoms with E-state index in [1.807, 2.05) is 30.6 Å². The van der Waals surface area contributed by atoms with Gasteiger partial charge in [0.15, 0.2) is 0 Å². The highest BCUT2D eigenvalue weighted by molar-refractivity contribution is 6.31. The van der Waals surface area contributed by atoms with Crippen LogP contribution in [0.1, 0.15) is 0 Å². The van der Waals surface area contributed by atoms with Crippen molar-refractivity contribution in [2.24, 2.45) is 7.05 Å². The van der Waals surface area contributed by atoms with E-state index >= 15 is 0 Å². The van der Waals surface area contributed by atoms with Gasteiger partial charge in [-0.2, -0.15) is 0 Å². The third-order valence-corrected chi connectivity index (χ3v) is 8.16. The van der Waals surface area contributed by atoms with E-state index in [0.29, 0.717) is 5.02 Å². The number of hydrogen-bond acceptors (Lipinski definition) is 0. The van der Waals surface area contributed by atoms with Crippen LogP contribution in [0.4, 0.5) is 4.39 Å². The fourth-order valence-electron chi connectivity index (χ4n) is 6.20. The quantitative estimate of drug-likeness (QED) is 0.204. The molecule has 4 nitrogen and oxygen atoms in total. The maximum atomic E-state index is 14.5. The van der Waals surface area contributed by atoms with Gasteiger partial charge in [-0.3, -0.25) is 0 Å². The summed E-state index contributed by atoms with van der Waals surface area (Å²) in [7, 11) is 2.09. The lowest BCUT2D eigenvalue weighted by molar-refractivity contribution is 0.630. The Kier molecular flexibility index (Phi) is 4.64. The monoisotopic (exact) mass is 528 g/mol. The lowest BCUT2D eigenvalue weighted by Crippen LogP contribution is -1.92. The minimum absolute atomic E-state index is 0.262. The van der Waals surface area contributed by atoms with E-state index in [2.05, 4.69) is 75.2 Å². The molecule has 0 aliphatic rings. The standard InChI is InChI=1S/C33H22ClFN4/c1-39-30-7-3-5-22(20-4-2-6-27-21(20)12-13-36-27)31(30)32(25-16-37-28-10-8-18(34)14-23(25)28)33(39)26-17-38-29-11-9-19(35)15-24(26)29/h2-17,36-38H,1H3. The Morgan fingerprint density at radius 1 is 0.667 bits per heavy atom. The molecule has 0 spiro atoms. The van der Waals surface area contributed by atoms with Crippen LogP contribution in [0.2, 0.25) is 5.02 Å². The smallest absolute Gasteiger partial charge is 0.123 e. The largest absolute Gasteiger partial charge is 0.361 e. The summed E-state index contributed by atoms with van der Waals surface area (Å²) in [5, 5.41) is 4.86. The number of nitrogens with one attached hydrogen (secondary N) is 3. The third-order valence-electron chi connectivity index (χ3n) is 7.92. The first kappa shape index (κ1) is 22.3. The molecule has 0 atom stereocenters. The Balaban J connectivity index is 1.57. The second-order valence-electron chi connectivity index (χ2n) is 10.0. The van der Waals surface area contributed by atoms with Crippen molar-refractivity contribution in [3.05, 3.63) is 108 Å². The fraction of sp³-hybridized carbons (Fsp3) is 0.0303. The number of halogens is 2. The number of aryl methyl sites for hydroxylation is 1. The maximum absolute atomic E-state index is 14.5. The van der Waals surface area contributed by atoms with Gasteiger partial charge in [0.05, 0.1) is 5.69 Å². The Morgan fingerprint density at radius 3 is 2.26 bits per heavy atom. The molecule has 0 fully saturated rings. The average Bonchev–Trinajstić information content (AvgIpc) is 3.72. The van der Waals surface area contributed by atoms with Gasteiger partial charge in [0.1, 0.15) is 5.82 Å². The molecule has 8 rings (SSSR count). The van der Waals surface area contributed by atoms with Gasteiger partial charge in [0, 0.05) is 91.0 Å². The first-order valence-corrected chi connectivity index (χ1v) is 13.2. The van der Waals surface area contributed by atoms with Crippen molar-refractivity contribution in [2.45, 2.75) is 0 Å². The van der Waals surface area contributed by atoms with Gasteiger partial charge < -0.3 is 19.5 Å². The van der Waals surface area contributed by atoms with Crippen LogP contribution in [0.5, 0.6) is 0 Å². The number of aromatic amines is 3. The summed E-state index contributed by atoms with van der Waals surface area (Å²) in [6, 6.07) is 25.7. The molecule has 0 saturated carbocycles. The van der Waals surface area contributed by atoms with Crippen LogP contribution in [0.15, 0.2) is 97.5 Å². The highest BCUT2D eigenvalue weighted by Gasteiger charge is 2.25. The molecule has 0 unspecified atom stereocenters. The van der Waals surface area contributed by atoms with Crippen LogP contribution in [0.3, 0.4) is 0 Å². The predicted molar refractivity (Wildman–Crippen MR) is 160 cm³/mol. The fourth-order valence-corrected chi connectivity index (χ4v) is 6.37. The van der Waals surface area contributed by atoms with Gasteiger partial charge in [-0.15, -0.1) is 0 Å². The van der Waals surface area contributed by atoms with Crippen molar-refractivity contribution in [3.63, 3.8) is 0 Å². The van der Waals surface area contributed by atoms with Crippen molar-refractivity contribution in [1.29, 1.82) is 0 Å². The number of benzene rings is 4. The second kappa shape index (κ2) is 8.13. The van der Waals surface area contributed by atoms with Crippen LogP contribution in [0, 0.1) is 5.82 Å². The Labute approximate surface area is 227 Å². The van der Waals surface area contributed by atoms with Crippen LogP contribution in [-0.4, -0.2) is 19.5 Å². The molecule has 0 bridgehead atoms. The van der Waals surface area contributed by atoms with Crippen LogP contribution in [0.25, 0.3) is 77.1 Å². The average molecular weight is 529 g/mol. The van der Waals surface area contributed by atoms with E-state index in [-0.39, 0.29) is 5.82 Å². The molecule has 4 aromatic heterocycles. The molecule has 4 aromatic carbocycles. The van der Waals surface area contributed by atoms with E-state index in [1.54, 1.807) is 12.1 Å². The lowest BCUT2D eigenvalue weighted by Gasteiger charge is -2.10. The van der Waals surface area contributed by atoms with Crippen LogP contribution in [-0.2, 0) is 7.05 Å². The first-order chi connectivity index (χ1) is 19.1. The van der Waals surface area contributed by atoms with Crippen LogP contribution >= 0.6 is 11.6 Å². The molecule has 0 aliphatic heterocycles. The number of fused-ring (bicyclic) bond motifs is 4. The van der Waals surface area contributed by atoms with Crippen molar-refractivity contribution < 1.29 is 4.39 Å². The predicted octanol–water partition coefficient (Wildman–Crippen LogP) is 9.42. The molecule has 0 saturated heterocycles. The molecule has 188 valence electrons. The molecular formula is C33H22ClFN4. The normalized spacial score (nSPS) is 12.0. The van der Waals surface area contributed by atoms with E-state index < -0.39 is 0 Å². The summed E-state index contributed by atoms with van der Waals surface area (Å²) in [5.41, 5.74) is 10.4. The topological polar surface area (TPSA) is 52.3 Å². The van der Waals surface area contributed by atoms with Gasteiger partial charge in [-0.1, -0.05) is 35.9 Å². The zero-order chi connectivity index (χ0) is 26.2. The zero-order valence-corrected chi connectivity index (χ0v) is 21.7. The highest BCUT2D eigenvalue weighted by atomic mass is 35.5. The summed E-state index contributed by atoms with van der Waals surface area (Å²) in [6.07, 6.45) is 6.02. The van der Waals surface area contributed by atoms with Gasteiger partial charge >= 0.3 is 0 Å². The van der Waals surface area contributed by atoms with Crippen molar-refractivity contribution in [3.8, 4) is 33.5 Å². The zero-order valence-electron chi connectivity index (χ0n) is 20.9. The van der Waals surface area contributed by atoms with Gasteiger partial charge in [-0.25, -0.2) is 4.39 Å². The molecule has 0 amide bonds. The Morgan fingerprint density at radius 2 is 1.38 bits per heavy atom. The van der Waals surface area contributed by atoms with E-state index in [0.717, 1.165) is 77.1 Å². The van der Waals surface area contributed by atoms with Gasteiger partial charge in [-0.05, 0) is 65.7 Å². The molecule has 39 heavy (non-hydrogen) atoms. The molecule has 4 heterocycles. The Hall–Kier alpha value is -4.74.